The molecular formula is C12H24ClNO2S. The Kier molecular flexibility index (Phi) is 5.29. The van der Waals surface area contributed by atoms with Gasteiger partial charge in [0, 0.05) is 18.5 Å². The first-order valence-corrected chi connectivity index (χ1v) is 8.35. The molecule has 0 aliphatic heterocycles. The van der Waals surface area contributed by atoms with Gasteiger partial charge in [-0.2, -0.15) is 4.31 Å². The highest BCUT2D eigenvalue weighted by molar-refractivity contribution is 7.90. The SMILES string of the molecule is CC(C)(C)S(=O)(=O)N(CCCl)C1CCCCC1. The van der Waals surface area contributed by atoms with Gasteiger partial charge in [-0.15, -0.1) is 11.6 Å². The first kappa shape index (κ1) is 15.3. The monoisotopic (exact) mass is 281 g/mol. The van der Waals surface area contributed by atoms with Crippen LogP contribution in [0.1, 0.15) is 52.9 Å². The molecule has 0 unspecified atom stereocenters. The molecule has 1 rings (SSSR count). The molecule has 1 saturated carbocycles. The third-order valence-corrected chi connectivity index (χ3v) is 6.18. The number of nitrogens with zero attached hydrogens (tertiary/aromatic N) is 1. The highest BCUT2D eigenvalue weighted by Gasteiger charge is 2.38. The van der Waals surface area contributed by atoms with Gasteiger partial charge in [-0.05, 0) is 33.6 Å². The average molecular weight is 282 g/mol. The molecular weight excluding hydrogens is 258 g/mol. The van der Waals surface area contributed by atoms with Crippen LogP contribution in [0.15, 0.2) is 0 Å². The van der Waals surface area contributed by atoms with Crippen LogP contribution in [-0.4, -0.2) is 35.9 Å². The Morgan fingerprint density at radius 1 is 1.18 bits per heavy atom. The van der Waals surface area contributed by atoms with Crippen molar-refractivity contribution in [1.29, 1.82) is 0 Å². The summed E-state index contributed by atoms with van der Waals surface area (Å²) in [6.45, 7) is 5.71. The average Bonchev–Trinajstić information content (AvgIpc) is 2.25. The molecule has 0 amide bonds. The summed E-state index contributed by atoms with van der Waals surface area (Å²) < 4.78 is 25.9. The van der Waals surface area contributed by atoms with E-state index >= 15 is 0 Å². The van der Waals surface area contributed by atoms with Gasteiger partial charge in [0.05, 0.1) is 4.75 Å². The van der Waals surface area contributed by atoms with Gasteiger partial charge < -0.3 is 0 Å². The van der Waals surface area contributed by atoms with E-state index in [0.717, 1.165) is 25.7 Å². The predicted octanol–water partition coefficient (Wildman–Crippen LogP) is 2.99. The van der Waals surface area contributed by atoms with Crippen molar-refractivity contribution in [2.75, 3.05) is 12.4 Å². The summed E-state index contributed by atoms with van der Waals surface area (Å²) in [6, 6.07) is 0.159. The zero-order valence-corrected chi connectivity index (χ0v) is 12.6. The molecule has 0 heterocycles. The molecule has 17 heavy (non-hydrogen) atoms. The van der Waals surface area contributed by atoms with Crippen molar-refractivity contribution < 1.29 is 8.42 Å². The molecule has 0 aromatic rings. The maximum atomic E-state index is 12.5. The Hall–Kier alpha value is 0.200. The fraction of sp³-hybridized carbons (Fsp3) is 1.00. The van der Waals surface area contributed by atoms with Crippen molar-refractivity contribution in [1.82, 2.24) is 4.31 Å². The molecule has 0 aromatic carbocycles. The molecule has 1 aliphatic rings. The Balaban J connectivity index is 2.92. The van der Waals surface area contributed by atoms with Crippen LogP contribution in [-0.2, 0) is 10.0 Å². The fourth-order valence-electron chi connectivity index (χ4n) is 2.30. The summed E-state index contributed by atoms with van der Waals surface area (Å²) in [4.78, 5) is 0. The molecule has 102 valence electrons. The second-order valence-electron chi connectivity index (χ2n) is 5.71. The second kappa shape index (κ2) is 5.89. The summed E-state index contributed by atoms with van der Waals surface area (Å²) in [6.07, 6.45) is 5.44. The van der Waals surface area contributed by atoms with Crippen LogP contribution in [0.5, 0.6) is 0 Å². The number of hydrogen-bond acceptors (Lipinski definition) is 2. The largest absolute Gasteiger partial charge is 0.219 e. The highest BCUT2D eigenvalue weighted by atomic mass is 35.5. The number of alkyl halides is 1. The van der Waals surface area contributed by atoms with Crippen molar-refractivity contribution in [2.24, 2.45) is 0 Å². The smallest absolute Gasteiger partial charge is 0.212 e. The van der Waals surface area contributed by atoms with E-state index in [1.165, 1.54) is 6.42 Å². The summed E-state index contributed by atoms with van der Waals surface area (Å²) in [5.41, 5.74) is 0. The first-order chi connectivity index (χ1) is 7.80. The number of hydrogen-bond donors (Lipinski definition) is 0. The summed E-state index contributed by atoms with van der Waals surface area (Å²) in [5.74, 6) is 0.367. The minimum Gasteiger partial charge on any atom is -0.212 e. The number of rotatable bonds is 4. The molecule has 0 radical (unpaired) electrons. The van der Waals surface area contributed by atoms with E-state index in [4.69, 9.17) is 11.6 Å². The van der Waals surface area contributed by atoms with Crippen LogP contribution in [0.4, 0.5) is 0 Å². The van der Waals surface area contributed by atoms with Crippen LogP contribution >= 0.6 is 11.6 Å². The number of halogens is 1. The maximum Gasteiger partial charge on any atom is 0.219 e. The van der Waals surface area contributed by atoms with Gasteiger partial charge in [-0.25, -0.2) is 8.42 Å². The predicted molar refractivity (Wildman–Crippen MR) is 73.0 cm³/mol. The Morgan fingerprint density at radius 3 is 2.12 bits per heavy atom. The van der Waals surface area contributed by atoms with E-state index in [0.29, 0.717) is 12.4 Å². The van der Waals surface area contributed by atoms with Gasteiger partial charge in [0.25, 0.3) is 0 Å². The first-order valence-electron chi connectivity index (χ1n) is 6.38. The quantitative estimate of drug-likeness (QED) is 0.743. The molecule has 0 aromatic heterocycles. The zero-order chi connectivity index (χ0) is 13.1. The second-order valence-corrected chi connectivity index (χ2v) is 8.73. The van der Waals surface area contributed by atoms with E-state index < -0.39 is 14.8 Å². The molecule has 0 N–H and O–H groups in total. The van der Waals surface area contributed by atoms with Crippen LogP contribution in [0.2, 0.25) is 0 Å². The molecule has 1 fully saturated rings. The van der Waals surface area contributed by atoms with Crippen LogP contribution < -0.4 is 0 Å². The van der Waals surface area contributed by atoms with Crippen molar-refractivity contribution in [2.45, 2.75) is 63.7 Å². The van der Waals surface area contributed by atoms with Gasteiger partial charge >= 0.3 is 0 Å². The lowest BCUT2D eigenvalue weighted by molar-refractivity contribution is 0.257. The third-order valence-electron chi connectivity index (χ3n) is 3.37. The van der Waals surface area contributed by atoms with E-state index in [-0.39, 0.29) is 6.04 Å². The standard InChI is InChI=1S/C12H24ClNO2S/c1-12(2,3)17(15,16)14(10-9-13)11-7-5-4-6-8-11/h11H,4-10H2,1-3H3. The van der Waals surface area contributed by atoms with Crippen molar-refractivity contribution in [3.8, 4) is 0 Å². The Bertz CT molecular complexity index is 329. The van der Waals surface area contributed by atoms with Gasteiger partial charge in [-0.3, -0.25) is 0 Å². The Labute approximate surface area is 111 Å². The maximum absolute atomic E-state index is 12.5. The third kappa shape index (κ3) is 3.58. The molecule has 0 saturated heterocycles. The Morgan fingerprint density at radius 2 is 1.71 bits per heavy atom. The lowest BCUT2D eigenvalue weighted by atomic mass is 9.95. The van der Waals surface area contributed by atoms with Crippen LogP contribution in [0.3, 0.4) is 0 Å². The minimum atomic E-state index is -3.25. The van der Waals surface area contributed by atoms with Crippen molar-refractivity contribution in [3.63, 3.8) is 0 Å². The van der Waals surface area contributed by atoms with Crippen molar-refractivity contribution in [3.05, 3.63) is 0 Å². The fourth-order valence-corrected chi connectivity index (χ4v) is 4.22. The molecule has 5 heteroatoms. The number of sulfonamides is 1. The lowest BCUT2D eigenvalue weighted by Crippen LogP contribution is -2.49. The molecule has 3 nitrogen and oxygen atoms in total. The van der Waals surface area contributed by atoms with Gasteiger partial charge in [0.2, 0.25) is 10.0 Å². The summed E-state index contributed by atoms with van der Waals surface area (Å²) in [5, 5.41) is 0. The summed E-state index contributed by atoms with van der Waals surface area (Å²) >= 11 is 5.77. The van der Waals surface area contributed by atoms with Gasteiger partial charge in [0.1, 0.15) is 0 Å². The topological polar surface area (TPSA) is 37.4 Å². The van der Waals surface area contributed by atoms with Crippen molar-refractivity contribution >= 4 is 21.6 Å². The molecule has 0 atom stereocenters. The lowest BCUT2D eigenvalue weighted by Gasteiger charge is -2.37. The van der Waals surface area contributed by atoms with E-state index in [9.17, 15) is 8.42 Å². The van der Waals surface area contributed by atoms with Gasteiger partial charge in [-0.1, -0.05) is 19.3 Å². The van der Waals surface area contributed by atoms with E-state index in [1.54, 1.807) is 25.1 Å². The van der Waals surface area contributed by atoms with Crippen LogP contribution in [0, 0.1) is 0 Å². The highest BCUT2D eigenvalue weighted by Crippen LogP contribution is 2.29. The normalized spacial score (nSPS) is 19.8. The van der Waals surface area contributed by atoms with Gasteiger partial charge in [0.15, 0.2) is 0 Å². The molecule has 0 spiro atoms. The van der Waals surface area contributed by atoms with Crippen LogP contribution in [0.25, 0.3) is 0 Å². The minimum absolute atomic E-state index is 0.159. The molecule has 0 bridgehead atoms. The zero-order valence-electron chi connectivity index (χ0n) is 11.1. The van der Waals surface area contributed by atoms with E-state index in [1.807, 2.05) is 0 Å². The summed E-state index contributed by atoms with van der Waals surface area (Å²) in [7, 11) is -3.25. The molecule has 1 aliphatic carbocycles. The van der Waals surface area contributed by atoms with E-state index in [2.05, 4.69) is 0 Å².